The van der Waals surface area contributed by atoms with Crippen LogP contribution in [0.5, 0.6) is 0 Å². The van der Waals surface area contributed by atoms with Crippen molar-refractivity contribution < 1.29 is 31.6 Å². The van der Waals surface area contributed by atoms with E-state index < -0.39 is 21.8 Å². The summed E-state index contributed by atoms with van der Waals surface area (Å²) in [5, 5.41) is 0. The molecule has 0 radical (unpaired) electrons. The molecule has 2 aromatic rings. The van der Waals surface area contributed by atoms with E-state index in [9.17, 15) is 22.8 Å². The van der Waals surface area contributed by atoms with E-state index in [-0.39, 0.29) is 37.0 Å². The van der Waals surface area contributed by atoms with E-state index in [0.717, 1.165) is 44.3 Å². The Hall–Kier alpha value is -3.12. The summed E-state index contributed by atoms with van der Waals surface area (Å²) < 4.78 is 38.3. The number of hydrogen-bond donors (Lipinski definition) is 0. The molecule has 1 aromatic heterocycles. The minimum absolute atomic E-state index is 0.0169. The molecule has 1 atom stereocenters. The van der Waals surface area contributed by atoms with Crippen LogP contribution in [0.15, 0.2) is 42.8 Å². The molecule has 2 amide bonds. The van der Waals surface area contributed by atoms with Gasteiger partial charge in [-0.1, -0.05) is 19.1 Å². The number of ether oxygens (including phenoxy) is 1. The van der Waals surface area contributed by atoms with Gasteiger partial charge < -0.3 is 28.3 Å². The summed E-state index contributed by atoms with van der Waals surface area (Å²) in [7, 11) is -3.20. The first-order chi connectivity index (χ1) is 19.0. The highest BCUT2D eigenvalue weighted by Gasteiger charge is 2.25. The number of carbonyl (C=O) groups is 2. The maximum atomic E-state index is 12.7. The number of rotatable bonds is 13. The fourth-order valence-electron chi connectivity index (χ4n) is 4.81. The van der Waals surface area contributed by atoms with E-state index in [1.165, 1.54) is 11.2 Å². The third-order valence-corrected chi connectivity index (χ3v) is 8.28. The van der Waals surface area contributed by atoms with Crippen LogP contribution in [0.1, 0.15) is 56.6 Å². The molecule has 2 heterocycles. The highest BCUT2D eigenvalue weighted by atomic mass is 32.2. The monoisotopic (exact) mass is 579 g/mol. The average molecular weight is 580 g/mol. The van der Waals surface area contributed by atoms with Crippen LogP contribution < -0.4 is 5.82 Å². The molecule has 12 heteroatoms. The minimum atomic E-state index is -3.20. The molecule has 1 fully saturated rings. The van der Waals surface area contributed by atoms with Gasteiger partial charge in [-0.3, -0.25) is 4.79 Å². The van der Waals surface area contributed by atoms with Crippen molar-refractivity contribution in [1.82, 2.24) is 14.7 Å². The van der Waals surface area contributed by atoms with Gasteiger partial charge in [0.15, 0.2) is 28.0 Å². The van der Waals surface area contributed by atoms with E-state index in [1.54, 1.807) is 19.1 Å². The summed E-state index contributed by atoms with van der Waals surface area (Å²) in [6.07, 6.45) is 4.52. The third kappa shape index (κ3) is 9.22. The molecule has 1 aromatic carbocycles. The van der Waals surface area contributed by atoms with Gasteiger partial charge in [0.05, 0.1) is 4.90 Å². The molecule has 1 unspecified atom stereocenters. The Morgan fingerprint density at radius 1 is 1.07 bits per heavy atom. The Kier molecular flexibility index (Phi) is 11.4. The normalized spacial score (nSPS) is 15.4. The summed E-state index contributed by atoms with van der Waals surface area (Å²) in [5.74, 6) is -0.385. The molecule has 1 aliphatic rings. The predicted octanol–water partition coefficient (Wildman–Crippen LogP) is 3.24. The molecule has 222 valence electrons. The van der Waals surface area contributed by atoms with Gasteiger partial charge in [-0.25, -0.2) is 18.0 Å². The van der Waals surface area contributed by atoms with E-state index in [4.69, 9.17) is 13.6 Å². The van der Waals surface area contributed by atoms with Crippen LogP contribution in [0.3, 0.4) is 0 Å². The highest BCUT2D eigenvalue weighted by molar-refractivity contribution is 7.90. The standard InChI is InChI=1S/C28H41N3O8S/c1-5-13-29(21(2)19-23-8-10-24(11-9-23)40(4,35)36)14-6-7-15-30-17-18-31(16-12-26(30)32)27(33)37-20-25-22(3)38-28(34)39-25/h8-11,21H,5-7,12-20H2,1-4H3. The number of carbonyl (C=O) groups excluding carboxylic acids is 2. The van der Waals surface area contributed by atoms with Crippen molar-refractivity contribution in [2.75, 3.05) is 45.5 Å². The van der Waals surface area contributed by atoms with Gasteiger partial charge in [0.2, 0.25) is 5.91 Å². The van der Waals surface area contributed by atoms with Gasteiger partial charge in [-0.05, 0) is 70.3 Å². The number of aryl methyl sites for hydroxylation is 1. The lowest BCUT2D eigenvalue weighted by molar-refractivity contribution is -0.130. The topological polar surface area (TPSA) is 131 Å². The molecule has 0 aliphatic carbocycles. The number of nitrogens with zero attached hydrogens (tertiary/aromatic N) is 3. The van der Waals surface area contributed by atoms with Crippen LogP contribution in [-0.4, -0.2) is 86.7 Å². The number of benzene rings is 1. The second-order valence-electron chi connectivity index (χ2n) is 10.3. The molecule has 0 saturated carbocycles. The first-order valence-electron chi connectivity index (χ1n) is 13.8. The van der Waals surface area contributed by atoms with Crippen molar-refractivity contribution >= 4 is 21.8 Å². The molecule has 3 rings (SSSR count). The van der Waals surface area contributed by atoms with E-state index >= 15 is 0 Å². The fraction of sp³-hybridized carbons (Fsp3) is 0.607. The molecule has 0 spiro atoms. The van der Waals surface area contributed by atoms with Gasteiger partial charge >= 0.3 is 11.9 Å². The summed E-state index contributed by atoms with van der Waals surface area (Å²) in [4.78, 5) is 42.4. The van der Waals surface area contributed by atoms with Gasteiger partial charge in [0.25, 0.3) is 0 Å². The van der Waals surface area contributed by atoms with Gasteiger partial charge in [0.1, 0.15) is 0 Å². The smallest absolute Gasteiger partial charge is 0.441 e. The van der Waals surface area contributed by atoms with E-state index in [0.29, 0.717) is 30.6 Å². The first kappa shape index (κ1) is 31.4. The maximum Gasteiger partial charge on any atom is 0.519 e. The Balaban J connectivity index is 1.43. The Bertz CT molecular complexity index is 1290. The Morgan fingerprint density at radius 2 is 1.80 bits per heavy atom. The minimum Gasteiger partial charge on any atom is -0.441 e. The van der Waals surface area contributed by atoms with Gasteiger partial charge in [-0.2, -0.15) is 0 Å². The molecular formula is C28H41N3O8S. The molecule has 1 saturated heterocycles. The van der Waals surface area contributed by atoms with Gasteiger partial charge in [0, 0.05) is 44.9 Å². The van der Waals surface area contributed by atoms with Crippen molar-refractivity contribution in [1.29, 1.82) is 0 Å². The van der Waals surface area contributed by atoms with Crippen LogP contribution >= 0.6 is 0 Å². The summed E-state index contributed by atoms with van der Waals surface area (Å²) >= 11 is 0. The number of sulfone groups is 1. The Morgan fingerprint density at radius 3 is 2.42 bits per heavy atom. The SMILES string of the molecule is CCCN(CCCCN1CCN(C(=O)OCc2oc(=O)oc2C)CCC1=O)C(C)Cc1ccc(S(C)(=O)=O)cc1. The van der Waals surface area contributed by atoms with Crippen molar-refractivity contribution in [3.05, 3.63) is 52.0 Å². The Labute approximate surface area is 236 Å². The third-order valence-electron chi connectivity index (χ3n) is 7.15. The number of unbranched alkanes of at least 4 members (excludes halogenated alkanes) is 1. The predicted molar refractivity (Wildman–Crippen MR) is 149 cm³/mol. The number of hydrogen-bond acceptors (Lipinski definition) is 9. The molecular weight excluding hydrogens is 538 g/mol. The lowest BCUT2D eigenvalue weighted by Gasteiger charge is -2.29. The zero-order valence-electron chi connectivity index (χ0n) is 23.9. The zero-order valence-corrected chi connectivity index (χ0v) is 24.7. The van der Waals surface area contributed by atoms with Crippen molar-refractivity contribution in [2.45, 2.75) is 70.4 Å². The average Bonchev–Trinajstić information content (AvgIpc) is 3.11. The molecule has 0 bridgehead atoms. The molecule has 40 heavy (non-hydrogen) atoms. The summed E-state index contributed by atoms with van der Waals surface area (Å²) in [6.45, 7) is 9.26. The maximum absolute atomic E-state index is 12.7. The number of amides is 2. The quantitative estimate of drug-likeness (QED) is 0.328. The lowest BCUT2D eigenvalue weighted by Crippen LogP contribution is -2.38. The first-order valence-corrected chi connectivity index (χ1v) is 15.7. The fourth-order valence-corrected chi connectivity index (χ4v) is 5.44. The van der Waals surface area contributed by atoms with Crippen LogP contribution in [0.4, 0.5) is 4.79 Å². The van der Waals surface area contributed by atoms with Gasteiger partial charge in [-0.15, -0.1) is 0 Å². The molecule has 11 nitrogen and oxygen atoms in total. The van der Waals surface area contributed by atoms with E-state index in [2.05, 4.69) is 18.7 Å². The van der Waals surface area contributed by atoms with Crippen LogP contribution in [0, 0.1) is 6.92 Å². The lowest BCUT2D eigenvalue weighted by atomic mass is 10.1. The summed E-state index contributed by atoms with van der Waals surface area (Å²) in [5.41, 5.74) is 1.10. The van der Waals surface area contributed by atoms with Crippen molar-refractivity contribution in [3.63, 3.8) is 0 Å². The molecule has 1 aliphatic heterocycles. The summed E-state index contributed by atoms with van der Waals surface area (Å²) in [6, 6.07) is 7.40. The van der Waals surface area contributed by atoms with Crippen LogP contribution in [0.2, 0.25) is 0 Å². The zero-order chi connectivity index (χ0) is 29.3. The molecule has 0 N–H and O–H groups in total. The largest absolute Gasteiger partial charge is 0.519 e. The van der Waals surface area contributed by atoms with Crippen LogP contribution in [-0.2, 0) is 32.4 Å². The highest BCUT2D eigenvalue weighted by Crippen LogP contribution is 2.16. The van der Waals surface area contributed by atoms with Crippen LogP contribution in [0.25, 0.3) is 0 Å². The van der Waals surface area contributed by atoms with E-state index in [1.807, 2.05) is 17.0 Å². The van der Waals surface area contributed by atoms with Crippen molar-refractivity contribution in [3.8, 4) is 0 Å². The van der Waals surface area contributed by atoms with Crippen molar-refractivity contribution in [2.24, 2.45) is 0 Å². The second kappa shape index (κ2) is 14.5. The second-order valence-corrected chi connectivity index (χ2v) is 12.3.